The Balaban J connectivity index is 0.000000185. The molecule has 0 saturated carbocycles. The largest absolute Gasteiger partial charge is 0.476 e. The van der Waals surface area contributed by atoms with Crippen molar-refractivity contribution < 1.29 is 37.7 Å². The minimum absolute atomic E-state index is 0.0465. The molecule has 4 rings (SSSR count). The maximum Gasteiger partial charge on any atom is 0.422 e. The molecule has 0 aliphatic carbocycles. The first-order valence-electron chi connectivity index (χ1n) is 8.06. The smallest absolute Gasteiger partial charge is 0.422 e. The number of nitrogens with zero attached hydrogens (tertiary/aromatic N) is 6. The van der Waals surface area contributed by atoms with Gasteiger partial charge in [-0.1, -0.05) is 11.6 Å². The van der Waals surface area contributed by atoms with Crippen molar-refractivity contribution in [1.82, 2.24) is 29.2 Å². The maximum absolute atomic E-state index is 11.9. The van der Waals surface area contributed by atoms with E-state index < -0.39 is 24.7 Å². The fourth-order valence-electron chi connectivity index (χ4n) is 2.16. The highest BCUT2D eigenvalue weighted by atomic mass is 35.5. The monoisotopic (exact) mass is 458 g/mol. The lowest BCUT2D eigenvalue weighted by Crippen LogP contribution is -2.19. The summed E-state index contributed by atoms with van der Waals surface area (Å²) in [5.41, 5.74) is 0.360. The van der Waals surface area contributed by atoms with Gasteiger partial charge in [0.1, 0.15) is 5.15 Å². The van der Waals surface area contributed by atoms with Gasteiger partial charge in [-0.25, -0.2) is 28.6 Å². The first kappa shape index (κ1) is 21.8. The lowest BCUT2D eigenvalue weighted by Gasteiger charge is -2.07. The molecule has 0 saturated heterocycles. The number of aromatic nitrogens is 6. The number of ether oxygens (including phenoxy) is 1. The normalized spacial score (nSPS) is 11.2. The lowest BCUT2D eigenvalue weighted by atomic mass is 10.5. The number of rotatable bonds is 4. The summed E-state index contributed by atoms with van der Waals surface area (Å²) < 4.78 is 42.5. The van der Waals surface area contributed by atoms with Crippen molar-refractivity contribution in [2.45, 2.75) is 6.18 Å². The van der Waals surface area contributed by atoms with Crippen LogP contribution in [-0.2, 0) is 0 Å². The second-order valence-electron chi connectivity index (χ2n) is 5.70. The number of carbonyl (C=O) groups is 2. The number of hydrogen-bond donors (Lipinski definition) is 2. The van der Waals surface area contributed by atoms with Crippen molar-refractivity contribution in [2.24, 2.45) is 0 Å². The predicted molar refractivity (Wildman–Crippen MR) is 96.5 cm³/mol. The fourth-order valence-corrected chi connectivity index (χ4v) is 2.31. The van der Waals surface area contributed by atoms with Gasteiger partial charge in [0.25, 0.3) is 0 Å². The zero-order valence-electron chi connectivity index (χ0n) is 15.0. The molecule has 4 heterocycles. The minimum atomic E-state index is -4.46. The van der Waals surface area contributed by atoms with Crippen LogP contribution < -0.4 is 4.74 Å². The number of imidazole rings is 2. The van der Waals surface area contributed by atoms with E-state index in [1.54, 1.807) is 12.1 Å². The molecule has 0 bridgehead atoms. The summed E-state index contributed by atoms with van der Waals surface area (Å²) in [4.78, 5) is 28.6. The molecular weight excluding hydrogens is 449 g/mol. The molecular formula is C16H10ClF3N6O5. The van der Waals surface area contributed by atoms with Crippen LogP contribution in [0.2, 0.25) is 5.15 Å². The van der Waals surface area contributed by atoms with Gasteiger partial charge in [0.2, 0.25) is 5.88 Å². The zero-order valence-corrected chi connectivity index (χ0v) is 15.7. The third-order valence-electron chi connectivity index (χ3n) is 3.41. The van der Waals surface area contributed by atoms with Crippen LogP contribution in [-0.4, -0.2) is 64.1 Å². The van der Waals surface area contributed by atoms with Crippen molar-refractivity contribution in [2.75, 3.05) is 6.61 Å². The molecule has 4 aromatic rings. The molecule has 31 heavy (non-hydrogen) atoms. The summed E-state index contributed by atoms with van der Waals surface area (Å²) in [6.07, 6.45) is -2.07. The highest BCUT2D eigenvalue weighted by Gasteiger charge is 2.28. The second-order valence-corrected chi connectivity index (χ2v) is 6.09. The van der Waals surface area contributed by atoms with E-state index in [1.807, 2.05) is 0 Å². The van der Waals surface area contributed by atoms with Gasteiger partial charge in [-0.2, -0.15) is 18.3 Å². The molecule has 0 fully saturated rings. The van der Waals surface area contributed by atoms with Crippen LogP contribution in [0.25, 0.3) is 11.3 Å². The third kappa shape index (κ3) is 5.57. The Labute approximate surface area is 174 Å². The highest BCUT2D eigenvalue weighted by Crippen LogP contribution is 2.17. The summed E-state index contributed by atoms with van der Waals surface area (Å²) in [5.74, 6) is -2.60. The SMILES string of the molecule is O=C(O)c1cn2nc(Cl)ccc2n1.O=C(O)c1cn2nc(OCC(F)(F)F)ccc2n1. The number of alkyl halides is 3. The molecule has 162 valence electrons. The molecule has 15 heteroatoms. The standard InChI is InChI=1S/C9H6F3N3O3.C7H4ClN3O2/c10-9(11,12)4-18-7-2-1-6-13-5(8(16)17)3-15(6)14-7;8-5-1-2-6-9-4(7(12)13)3-11(6)10-5/h1-3H,4H2,(H,16,17);1-3H,(H,12,13). The number of fused-ring (bicyclic) bond motifs is 2. The number of halogens is 4. The summed E-state index contributed by atoms with van der Waals surface area (Å²) >= 11 is 5.60. The lowest BCUT2D eigenvalue weighted by molar-refractivity contribution is -0.154. The molecule has 0 atom stereocenters. The highest BCUT2D eigenvalue weighted by molar-refractivity contribution is 6.29. The molecule has 0 radical (unpaired) electrons. The summed E-state index contributed by atoms with van der Waals surface area (Å²) in [6.45, 7) is -1.47. The molecule has 4 aromatic heterocycles. The van der Waals surface area contributed by atoms with Gasteiger partial charge in [0, 0.05) is 6.07 Å². The van der Waals surface area contributed by atoms with Crippen molar-refractivity contribution in [3.05, 3.63) is 53.2 Å². The van der Waals surface area contributed by atoms with Gasteiger partial charge in [0.15, 0.2) is 29.3 Å². The van der Waals surface area contributed by atoms with Gasteiger partial charge in [0.05, 0.1) is 12.4 Å². The number of hydrogen-bond acceptors (Lipinski definition) is 7. The summed E-state index contributed by atoms with van der Waals surface area (Å²) in [6, 6.07) is 5.64. The Morgan fingerprint density at radius 1 is 0.935 bits per heavy atom. The van der Waals surface area contributed by atoms with Gasteiger partial charge in [-0.3, -0.25) is 0 Å². The van der Waals surface area contributed by atoms with E-state index in [4.69, 9.17) is 21.8 Å². The maximum atomic E-state index is 11.9. The summed E-state index contributed by atoms with van der Waals surface area (Å²) in [5, 5.41) is 25.1. The van der Waals surface area contributed by atoms with Crippen molar-refractivity contribution in [3.63, 3.8) is 0 Å². The first-order chi connectivity index (χ1) is 14.5. The fraction of sp³-hybridized carbons (Fsp3) is 0.125. The molecule has 0 spiro atoms. The van der Waals surface area contributed by atoms with Crippen LogP contribution in [0.3, 0.4) is 0 Å². The van der Waals surface area contributed by atoms with Gasteiger partial charge in [-0.05, 0) is 18.2 Å². The molecule has 0 unspecified atom stereocenters. The molecule has 0 aliphatic heterocycles. The van der Waals surface area contributed by atoms with Crippen LogP contribution in [0, 0.1) is 0 Å². The van der Waals surface area contributed by atoms with E-state index in [0.29, 0.717) is 10.8 Å². The van der Waals surface area contributed by atoms with E-state index in [2.05, 4.69) is 24.9 Å². The van der Waals surface area contributed by atoms with E-state index in [0.717, 1.165) is 10.7 Å². The Morgan fingerprint density at radius 2 is 1.45 bits per heavy atom. The van der Waals surface area contributed by atoms with Gasteiger partial charge < -0.3 is 14.9 Å². The molecule has 2 N–H and O–H groups in total. The summed E-state index contributed by atoms with van der Waals surface area (Å²) in [7, 11) is 0. The van der Waals surface area contributed by atoms with Crippen LogP contribution in [0.1, 0.15) is 21.0 Å². The van der Waals surface area contributed by atoms with Crippen molar-refractivity contribution in [3.8, 4) is 5.88 Å². The van der Waals surface area contributed by atoms with Crippen LogP contribution in [0.5, 0.6) is 5.88 Å². The molecule has 11 nitrogen and oxygen atoms in total. The number of carboxylic acid groups (broad SMARTS) is 2. The van der Waals surface area contributed by atoms with Crippen molar-refractivity contribution >= 4 is 34.8 Å². The first-order valence-corrected chi connectivity index (χ1v) is 8.44. The van der Waals surface area contributed by atoms with Gasteiger partial charge >= 0.3 is 18.1 Å². The Bertz CT molecular complexity index is 1270. The van der Waals surface area contributed by atoms with Gasteiger partial charge in [-0.15, -0.1) is 5.10 Å². The quantitative estimate of drug-likeness (QED) is 0.471. The van der Waals surface area contributed by atoms with E-state index in [-0.39, 0.29) is 22.9 Å². The van der Waals surface area contributed by atoms with E-state index in [1.165, 1.54) is 22.8 Å². The predicted octanol–water partition coefficient (Wildman–Crippen LogP) is 2.45. The Kier molecular flexibility index (Phi) is 5.92. The minimum Gasteiger partial charge on any atom is -0.476 e. The topological polar surface area (TPSA) is 144 Å². The van der Waals surface area contributed by atoms with Crippen molar-refractivity contribution in [1.29, 1.82) is 0 Å². The van der Waals surface area contributed by atoms with E-state index in [9.17, 15) is 22.8 Å². The number of carboxylic acids is 2. The Morgan fingerprint density at radius 3 is 1.97 bits per heavy atom. The average molecular weight is 459 g/mol. The zero-order chi connectivity index (χ0) is 22.8. The molecule has 0 aliphatic rings. The van der Waals surface area contributed by atoms with Crippen LogP contribution in [0.4, 0.5) is 13.2 Å². The van der Waals surface area contributed by atoms with E-state index >= 15 is 0 Å². The average Bonchev–Trinajstić information content (AvgIpc) is 3.29. The third-order valence-corrected chi connectivity index (χ3v) is 3.61. The Hall–Kier alpha value is -3.94. The molecule has 0 amide bonds. The second kappa shape index (κ2) is 8.43. The van der Waals surface area contributed by atoms with Crippen LogP contribution in [0.15, 0.2) is 36.7 Å². The molecule has 0 aromatic carbocycles. The number of aromatic carboxylic acids is 2. The van der Waals surface area contributed by atoms with Crippen LogP contribution >= 0.6 is 11.6 Å².